The third-order valence-electron chi connectivity index (χ3n) is 7.18. The molecule has 6 heteroatoms. The van der Waals surface area contributed by atoms with Gasteiger partial charge in [-0.3, -0.25) is 24.3 Å². The molecule has 6 nitrogen and oxygen atoms in total. The highest BCUT2D eigenvalue weighted by Crippen LogP contribution is 2.33. The van der Waals surface area contributed by atoms with Crippen molar-refractivity contribution in [2.75, 3.05) is 6.54 Å². The highest BCUT2D eigenvalue weighted by atomic mass is 16.2. The molecule has 1 aromatic heterocycles. The first-order chi connectivity index (χ1) is 18.1. The lowest BCUT2D eigenvalue weighted by Crippen LogP contribution is -2.53. The number of fused-ring (bicyclic) bond motifs is 2. The average molecular weight is 488 g/mol. The van der Waals surface area contributed by atoms with Crippen LogP contribution >= 0.6 is 0 Å². The summed E-state index contributed by atoms with van der Waals surface area (Å²) in [5, 5.41) is 1.00. The van der Waals surface area contributed by atoms with Gasteiger partial charge >= 0.3 is 0 Å². The van der Waals surface area contributed by atoms with Crippen LogP contribution in [0.1, 0.15) is 44.3 Å². The highest BCUT2D eigenvalue weighted by Gasteiger charge is 2.45. The van der Waals surface area contributed by atoms with E-state index >= 15 is 0 Å². The molecule has 3 heterocycles. The van der Waals surface area contributed by atoms with Gasteiger partial charge in [0.1, 0.15) is 6.04 Å². The van der Waals surface area contributed by atoms with Crippen molar-refractivity contribution in [1.82, 2.24) is 14.8 Å². The molecule has 0 aliphatic carbocycles. The van der Waals surface area contributed by atoms with E-state index in [0.717, 1.165) is 26.9 Å². The number of nitrogens with zero attached hydrogens (tertiary/aromatic N) is 3. The van der Waals surface area contributed by atoms with Crippen LogP contribution in [0, 0.1) is 0 Å². The minimum absolute atomic E-state index is 0.244. The molecular formula is C31H25N3O3. The first-order valence-corrected chi connectivity index (χ1v) is 12.4. The molecule has 182 valence electrons. The number of amides is 3. The summed E-state index contributed by atoms with van der Waals surface area (Å²) < 4.78 is 0. The zero-order chi connectivity index (χ0) is 25.4. The number of aromatic nitrogens is 1. The van der Waals surface area contributed by atoms with Crippen molar-refractivity contribution in [2.24, 2.45) is 0 Å². The lowest BCUT2D eigenvalue weighted by molar-refractivity contribution is -0.137. The van der Waals surface area contributed by atoms with Gasteiger partial charge in [-0.15, -0.1) is 0 Å². The lowest BCUT2D eigenvalue weighted by atomic mass is 9.96. The summed E-state index contributed by atoms with van der Waals surface area (Å²) in [6.07, 6.45) is 6.73. The SMILES string of the molecule is O=C(C(Cc1ccccc1)N1C(=O)c2ccccc2C1=O)N1CC=CCC1c1cnc2ccccc2c1. The predicted octanol–water partition coefficient (Wildman–Crippen LogP) is 4.97. The van der Waals surface area contributed by atoms with Gasteiger partial charge in [-0.1, -0.05) is 72.8 Å². The molecule has 0 saturated carbocycles. The van der Waals surface area contributed by atoms with Crippen molar-refractivity contribution in [3.8, 4) is 0 Å². The standard InChI is InChI=1S/C31H25N3O3/c35-29-24-13-5-6-14-25(24)30(36)34(29)28(18-21-10-2-1-3-11-21)31(37)33-17-9-8-16-27(33)23-19-22-12-4-7-15-26(22)32-20-23/h1-15,19-20,27-28H,16-18H2. The number of hydrogen-bond donors (Lipinski definition) is 0. The first kappa shape index (κ1) is 22.9. The topological polar surface area (TPSA) is 70.6 Å². The number of carbonyl (C=O) groups is 3. The van der Waals surface area contributed by atoms with Gasteiger partial charge in [-0.25, -0.2) is 0 Å². The molecule has 0 radical (unpaired) electrons. The summed E-state index contributed by atoms with van der Waals surface area (Å²) in [6, 6.07) is 25.0. The molecule has 4 aromatic rings. The van der Waals surface area contributed by atoms with Gasteiger partial charge in [0.05, 0.1) is 22.7 Å². The molecule has 3 aromatic carbocycles. The summed E-state index contributed by atoms with van der Waals surface area (Å²) in [7, 11) is 0. The number of para-hydroxylation sites is 1. The first-order valence-electron chi connectivity index (χ1n) is 12.4. The van der Waals surface area contributed by atoms with Gasteiger partial charge in [0.2, 0.25) is 5.91 Å². The van der Waals surface area contributed by atoms with Crippen LogP contribution < -0.4 is 0 Å². The predicted molar refractivity (Wildman–Crippen MR) is 141 cm³/mol. The number of carbonyl (C=O) groups excluding carboxylic acids is 3. The van der Waals surface area contributed by atoms with Crippen molar-refractivity contribution in [2.45, 2.75) is 24.9 Å². The summed E-state index contributed by atoms with van der Waals surface area (Å²) in [4.78, 5) is 48.7. The highest BCUT2D eigenvalue weighted by molar-refractivity contribution is 6.22. The Morgan fingerprint density at radius 2 is 1.54 bits per heavy atom. The minimum atomic E-state index is -0.961. The number of hydrogen-bond acceptors (Lipinski definition) is 4. The molecule has 6 rings (SSSR count). The van der Waals surface area contributed by atoms with Crippen molar-refractivity contribution in [1.29, 1.82) is 0 Å². The van der Waals surface area contributed by atoms with Gasteiger partial charge in [0.15, 0.2) is 0 Å². The van der Waals surface area contributed by atoms with Crippen molar-refractivity contribution in [3.63, 3.8) is 0 Å². The summed E-state index contributed by atoms with van der Waals surface area (Å²) in [6.45, 7) is 0.394. The molecule has 0 saturated heterocycles. The molecule has 0 spiro atoms. The summed E-state index contributed by atoms with van der Waals surface area (Å²) in [5.41, 5.74) is 3.38. The van der Waals surface area contributed by atoms with E-state index in [9.17, 15) is 14.4 Å². The van der Waals surface area contributed by atoms with Crippen LogP contribution in [-0.2, 0) is 11.2 Å². The Labute approximate surface area is 214 Å². The molecule has 2 atom stereocenters. The molecule has 0 bridgehead atoms. The van der Waals surface area contributed by atoms with E-state index in [1.807, 2.05) is 66.9 Å². The second kappa shape index (κ2) is 9.47. The molecule has 0 fully saturated rings. The fourth-order valence-corrected chi connectivity index (χ4v) is 5.31. The molecule has 2 unspecified atom stereocenters. The van der Waals surface area contributed by atoms with Crippen LogP contribution in [0.25, 0.3) is 10.9 Å². The maximum Gasteiger partial charge on any atom is 0.262 e. The Morgan fingerprint density at radius 3 is 2.30 bits per heavy atom. The van der Waals surface area contributed by atoms with E-state index in [-0.39, 0.29) is 18.4 Å². The third kappa shape index (κ3) is 4.10. The molecule has 37 heavy (non-hydrogen) atoms. The van der Waals surface area contributed by atoms with Crippen LogP contribution in [0.4, 0.5) is 0 Å². The number of pyridine rings is 1. The largest absolute Gasteiger partial charge is 0.330 e. The second-order valence-corrected chi connectivity index (χ2v) is 9.41. The van der Waals surface area contributed by atoms with E-state index in [0.29, 0.717) is 24.1 Å². The molecule has 0 N–H and O–H groups in total. The summed E-state index contributed by atoms with van der Waals surface area (Å²) >= 11 is 0. The van der Waals surface area contributed by atoms with Crippen molar-refractivity contribution < 1.29 is 14.4 Å². The van der Waals surface area contributed by atoms with Gasteiger partial charge in [-0.2, -0.15) is 0 Å². The Kier molecular flexibility index (Phi) is 5.85. The molecule has 2 aliphatic heterocycles. The Morgan fingerprint density at radius 1 is 0.865 bits per heavy atom. The molecular weight excluding hydrogens is 462 g/mol. The normalized spacial score (nSPS) is 17.8. The van der Waals surface area contributed by atoms with Crippen LogP contribution in [0.3, 0.4) is 0 Å². The van der Waals surface area contributed by atoms with Gasteiger partial charge in [0.25, 0.3) is 11.8 Å². The van der Waals surface area contributed by atoms with Gasteiger partial charge in [-0.05, 0) is 41.8 Å². The number of benzene rings is 3. The van der Waals surface area contributed by atoms with E-state index in [1.54, 1.807) is 29.2 Å². The van der Waals surface area contributed by atoms with Crippen molar-refractivity contribution >= 4 is 28.6 Å². The van der Waals surface area contributed by atoms with Crippen LogP contribution in [0.2, 0.25) is 0 Å². The van der Waals surface area contributed by atoms with Crippen LogP contribution in [-0.4, -0.2) is 45.1 Å². The minimum Gasteiger partial charge on any atom is -0.330 e. The third-order valence-corrected chi connectivity index (χ3v) is 7.18. The Bertz CT molecular complexity index is 1510. The zero-order valence-electron chi connectivity index (χ0n) is 20.2. The average Bonchev–Trinajstić information content (AvgIpc) is 3.21. The van der Waals surface area contributed by atoms with Crippen molar-refractivity contribution in [3.05, 3.63) is 126 Å². The fourth-order valence-electron chi connectivity index (χ4n) is 5.31. The fraction of sp³-hybridized carbons (Fsp3) is 0.161. The number of imide groups is 1. The maximum atomic E-state index is 14.3. The van der Waals surface area contributed by atoms with Crippen LogP contribution in [0.15, 0.2) is 103 Å². The summed E-state index contributed by atoms with van der Waals surface area (Å²) in [5.74, 6) is -1.10. The smallest absolute Gasteiger partial charge is 0.262 e. The monoisotopic (exact) mass is 487 g/mol. The molecule has 3 amide bonds. The zero-order valence-corrected chi connectivity index (χ0v) is 20.2. The van der Waals surface area contributed by atoms with E-state index in [1.165, 1.54) is 0 Å². The van der Waals surface area contributed by atoms with Gasteiger partial charge < -0.3 is 4.90 Å². The number of rotatable bonds is 5. The Hall–Kier alpha value is -4.58. The van der Waals surface area contributed by atoms with E-state index in [2.05, 4.69) is 17.1 Å². The van der Waals surface area contributed by atoms with Gasteiger partial charge in [0, 0.05) is 24.5 Å². The molecule has 2 aliphatic rings. The van der Waals surface area contributed by atoms with Crippen LogP contribution in [0.5, 0.6) is 0 Å². The second-order valence-electron chi connectivity index (χ2n) is 9.41. The maximum absolute atomic E-state index is 14.3. The quantitative estimate of drug-likeness (QED) is 0.294. The van der Waals surface area contributed by atoms with E-state index < -0.39 is 17.9 Å². The lowest BCUT2D eigenvalue weighted by Gasteiger charge is -2.37. The van der Waals surface area contributed by atoms with E-state index in [4.69, 9.17) is 0 Å². The Balaban J connectivity index is 1.39.